The van der Waals surface area contributed by atoms with Gasteiger partial charge >= 0.3 is 5.97 Å². The largest absolute Gasteiger partial charge is 0.463 e. The number of fused-ring (bicyclic) bond motifs is 3. The summed E-state index contributed by atoms with van der Waals surface area (Å²) in [5, 5.41) is 0.949. The fraction of sp³-hybridized carbons (Fsp3) is 0.182. The van der Waals surface area contributed by atoms with Crippen LogP contribution in [0.25, 0.3) is 15.8 Å². The van der Waals surface area contributed by atoms with E-state index < -0.39 is 5.97 Å². The summed E-state index contributed by atoms with van der Waals surface area (Å²) in [5.74, 6) is -0.499. The summed E-state index contributed by atoms with van der Waals surface area (Å²) in [6.07, 6.45) is 1.44. The second-order valence-corrected chi connectivity index (χ2v) is 7.52. The molecule has 136 valence electrons. The number of hydrogen-bond donors (Lipinski definition) is 0. The lowest BCUT2D eigenvalue weighted by Crippen LogP contribution is -2.23. The topological polar surface area (TPSA) is 46.6 Å². The van der Waals surface area contributed by atoms with Crippen LogP contribution in [0.4, 0.5) is 0 Å². The van der Waals surface area contributed by atoms with Gasteiger partial charge in [-0.15, -0.1) is 11.3 Å². The summed E-state index contributed by atoms with van der Waals surface area (Å²) in [4.78, 5) is 27.9. The van der Waals surface area contributed by atoms with Crippen molar-refractivity contribution in [1.29, 1.82) is 0 Å². The van der Waals surface area contributed by atoms with Crippen LogP contribution >= 0.6 is 11.3 Å². The van der Waals surface area contributed by atoms with E-state index in [1.165, 1.54) is 6.08 Å². The lowest BCUT2D eigenvalue weighted by atomic mass is 10.1. The summed E-state index contributed by atoms with van der Waals surface area (Å²) in [5.41, 5.74) is 3.42. The molecule has 1 aliphatic heterocycles. The quantitative estimate of drug-likeness (QED) is 0.486. The highest BCUT2D eigenvalue weighted by molar-refractivity contribution is 7.20. The van der Waals surface area contributed by atoms with Crippen molar-refractivity contribution in [2.24, 2.45) is 0 Å². The predicted molar refractivity (Wildman–Crippen MR) is 107 cm³/mol. The van der Waals surface area contributed by atoms with Crippen molar-refractivity contribution in [2.75, 3.05) is 6.61 Å². The van der Waals surface area contributed by atoms with Crippen molar-refractivity contribution in [3.05, 3.63) is 76.2 Å². The molecule has 27 heavy (non-hydrogen) atoms. The van der Waals surface area contributed by atoms with Crippen LogP contribution in [0.1, 0.15) is 33.3 Å². The lowest BCUT2D eigenvalue weighted by Gasteiger charge is -2.18. The van der Waals surface area contributed by atoms with E-state index in [2.05, 4.69) is 0 Å². The minimum absolute atomic E-state index is 0.0683. The second kappa shape index (κ2) is 7.00. The highest BCUT2D eigenvalue weighted by atomic mass is 32.1. The van der Waals surface area contributed by atoms with Crippen molar-refractivity contribution in [1.82, 2.24) is 4.90 Å². The number of amides is 1. The van der Waals surface area contributed by atoms with Crippen molar-refractivity contribution >= 4 is 39.0 Å². The molecule has 0 aliphatic carbocycles. The molecule has 0 radical (unpaired) electrons. The molecule has 4 rings (SSSR count). The van der Waals surface area contributed by atoms with Gasteiger partial charge in [0.25, 0.3) is 5.91 Å². The van der Waals surface area contributed by atoms with Gasteiger partial charge in [0.1, 0.15) is 0 Å². The van der Waals surface area contributed by atoms with E-state index in [-0.39, 0.29) is 5.91 Å². The third-order valence-corrected chi connectivity index (χ3v) is 5.74. The first-order valence-corrected chi connectivity index (χ1v) is 9.68. The van der Waals surface area contributed by atoms with Crippen molar-refractivity contribution < 1.29 is 14.3 Å². The van der Waals surface area contributed by atoms with Gasteiger partial charge in [-0.3, -0.25) is 4.79 Å². The molecule has 0 spiro atoms. The van der Waals surface area contributed by atoms with E-state index in [0.29, 0.717) is 24.4 Å². The molecule has 0 N–H and O–H groups in total. The van der Waals surface area contributed by atoms with E-state index in [9.17, 15) is 9.59 Å². The number of aryl methyl sites for hydroxylation is 1. The lowest BCUT2D eigenvalue weighted by molar-refractivity contribution is -0.137. The molecule has 0 saturated heterocycles. The zero-order chi connectivity index (χ0) is 19.0. The third kappa shape index (κ3) is 3.15. The fourth-order valence-corrected chi connectivity index (χ4v) is 4.53. The monoisotopic (exact) mass is 377 g/mol. The van der Waals surface area contributed by atoms with E-state index >= 15 is 0 Å². The van der Waals surface area contributed by atoms with Gasteiger partial charge in [-0.1, -0.05) is 42.0 Å². The van der Waals surface area contributed by atoms with Gasteiger partial charge in [-0.05, 0) is 31.5 Å². The number of carbonyl (C=O) groups excluding carboxylic acids is 2. The van der Waals surface area contributed by atoms with E-state index in [1.54, 1.807) is 23.2 Å². The van der Waals surface area contributed by atoms with E-state index in [0.717, 1.165) is 26.1 Å². The van der Waals surface area contributed by atoms with Crippen molar-refractivity contribution in [3.8, 4) is 0 Å². The molecule has 1 amide bonds. The smallest absolute Gasteiger partial charge is 0.332 e. The Morgan fingerprint density at radius 2 is 1.96 bits per heavy atom. The number of esters is 1. The average molecular weight is 377 g/mol. The Kier molecular flexibility index (Phi) is 4.54. The van der Waals surface area contributed by atoms with Gasteiger partial charge in [0.05, 0.1) is 29.3 Å². The molecule has 0 bridgehead atoms. The second-order valence-electron chi connectivity index (χ2n) is 6.46. The standard InChI is InChI=1S/C22H19NO3S/c1-3-26-19(24)12-17-21-20(16-11-14(2)9-10-18(16)27-21)22(25)23(17)13-15-7-5-4-6-8-15/h4-12H,3,13H2,1-2H3/b17-12+. The zero-order valence-corrected chi connectivity index (χ0v) is 16.0. The van der Waals surface area contributed by atoms with Crippen LogP contribution < -0.4 is 0 Å². The maximum absolute atomic E-state index is 13.3. The Morgan fingerprint density at radius 3 is 2.70 bits per heavy atom. The third-order valence-electron chi connectivity index (χ3n) is 4.55. The minimum Gasteiger partial charge on any atom is -0.463 e. The Morgan fingerprint density at radius 1 is 1.19 bits per heavy atom. The van der Waals surface area contributed by atoms with Crippen LogP contribution in [0.5, 0.6) is 0 Å². The molecule has 2 heterocycles. The Balaban J connectivity index is 1.84. The van der Waals surface area contributed by atoms with Crippen LogP contribution in [-0.4, -0.2) is 23.4 Å². The van der Waals surface area contributed by atoms with Gasteiger partial charge in [0.15, 0.2) is 0 Å². The SMILES string of the molecule is CCOC(=O)/C=C1\c2sc3ccc(C)cc3c2C(=O)N1Cc1ccccc1. The van der Waals surface area contributed by atoms with Crippen LogP contribution in [0.15, 0.2) is 54.6 Å². The van der Waals surface area contributed by atoms with Gasteiger partial charge in [0.2, 0.25) is 0 Å². The molecule has 0 saturated carbocycles. The number of carbonyl (C=O) groups is 2. The van der Waals surface area contributed by atoms with Crippen molar-refractivity contribution in [2.45, 2.75) is 20.4 Å². The predicted octanol–water partition coefficient (Wildman–Crippen LogP) is 4.77. The number of thiophene rings is 1. The van der Waals surface area contributed by atoms with Gasteiger partial charge in [-0.2, -0.15) is 0 Å². The van der Waals surface area contributed by atoms with Gasteiger partial charge in [0, 0.05) is 16.2 Å². The van der Waals surface area contributed by atoms with Crippen LogP contribution in [0, 0.1) is 6.92 Å². The Labute approximate surface area is 161 Å². The molecule has 2 aromatic carbocycles. The molecular weight excluding hydrogens is 358 g/mol. The van der Waals surface area contributed by atoms with Crippen LogP contribution in [0.3, 0.4) is 0 Å². The average Bonchev–Trinajstić information content (AvgIpc) is 3.13. The highest BCUT2D eigenvalue weighted by Crippen LogP contribution is 2.44. The molecule has 5 heteroatoms. The molecule has 0 fully saturated rings. The summed E-state index contributed by atoms with van der Waals surface area (Å²) in [7, 11) is 0. The van der Waals surface area contributed by atoms with Crippen molar-refractivity contribution in [3.63, 3.8) is 0 Å². The summed E-state index contributed by atoms with van der Waals surface area (Å²) in [6, 6.07) is 15.9. The number of ether oxygens (including phenoxy) is 1. The number of hydrogen-bond acceptors (Lipinski definition) is 4. The summed E-state index contributed by atoms with van der Waals surface area (Å²) < 4.78 is 6.15. The molecule has 1 aliphatic rings. The first kappa shape index (κ1) is 17.5. The minimum atomic E-state index is -0.431. The molecule has 0 unspecified atom stereocenters. The number of rotatable bonds is 4. The maximum Gasteiger partial charge on any atom is 0.332 e. The number of nitrogens with zero attached hydrogens (tertiary/aromatic N) is 1. The fourth-order valence-electron chi connectivity index (χ4n) is 3.33. The van der Waals surface area contributed by atoms with E-state index in [4.69, 9.17) is 4.74 Å². The molecule has 3 aromatic rings. The molecule has 1 aromatic heterocycles. The first-order valence-electron chi connectivity index (χ1n) is 8.86. The van der Waals surface area contributed by atoms with Crippen LogP contribution in [0.2, 0.25) is 0 Å². The van der Waals surface area contributed by atoms with Gasteiger partial charge in [-0.25, -0.2) is 4.79 Å². The Hall–Kier alpha value is -2.92. The van der Waals surface area contributed by atoms with Crippen LogP contribution in [-0.2, 0) is 16.1 Å². The van der Waals surface area contributed by atoms with Gasteiger partial charge < -0.3 is 9.64 Å². The normalized spacial score (nSPS) is 14.8. The molecule has 0 atom stereocenters. The van der Waals surface area contributed by atoms with E-state index in [1.807, 2.05) is 55.5 Å². The highest BCUT2D eigenvalue weighted by Gasteiger charge is 2.36. The maximum atomic E-state index is 13.3. The summed E-state index contributed by atoms with van der Waals surface area (Å²) in [6.45, 7) is 4.50. The zero-order valence-electron chi connectivity index (χ0n) is 15.2. The molecule has 4 nitrogen and oxygen atoms in total. The molecular formula is C22H19NO3S. The Bertz CT molecular complexity index is 1070. The number of benzene rings is 2. The first-order chi connectivity index (χ1) is 13.1. The summed E-state index contributed by atoms with van der Waals surface area (Å²) >= 11 is 1.54.